The maximum Gasteiger partial charge on any atom is 0.260 e. The zero-order chi connectivity index (χ0) is 17.3. The van der Waals surface area contributed by atoms with Crippen LogP contribution in [0.4, 0.5) is 11.4 Å². The summed E-state index contributed by atoms with van der Waals surface area (Å²) in [6.07, 6.45) is 0. The Bertz CT molecular complexity index is 911. The van der Waals surface area contributed by atoms with Crippen molar-refractivity contribution in [3.8, 4) is 0 Å². The van der Waals surface area contributed by atoms with Crippen LogP contribution in [0, 0.1) is 0 Å². The zero-order valence-electron chi connectivity index (χ0n) is 14.1. The minimum atomic E-state index is -3.09. The second-order valence-corrected chi connectivity index (χ2v) is 8.42. The third-order valence-corrected chi connectivity index (χ3v) is 7.36. The Balaban J connectivity index is 1.98. The molecule has 0 saturated carbocycles. The van der Waals surface area contributed by atoms with Crippen molar-refractivity contribution in [3.05, 3.63) is 90.5 Å². The second kappa shape index (κ2) is 6.51. The molecule has 0 saturated heterocycles. The normalized spacial score (nSPS) is 22.0. The van der Waals surface area contributed by atoms with Gasteiger partial charge in [-0.05, 0) is 36.8 Å². The molecule has 4 heteroatoms. The number of hydrogen-bond acceptors (Lipinski definition) is 3. The van der Waals surface area contributed by atoms with Gasteiger partial charge in [-0.1, -0.05) is 60.7 Å². The van der Waals surface area contributed by atoms with E-state index in [0.717, 1.165) is 22.2 Å². The molecule has 3 nitrogen and oxygen atoms in total. The highest BCUT2D eigenvalue weighted by Gasteiger charge is 2.49. The molecule has 0 fully saturated rings. The molecule has 1 heterocycles. The highest BCUT2D eigenvalue weighted by Crippen LogP contribution is 2.68. The standard InChI is InChI=1S/C21H20NO2P/c1-2-24-25(23)20-16-10-9-15-19(20)22(18-13-7-4-8-14-18)21(25)17-11-5-3-6-12-17/h3-16,21H,2H2,1H3. The van der Waals surface area contributed by atoms with Gasteiger partial charge < -0.3 is 9.42 Å². The van der Waals surface area contributed by atoms with Crippen LogP contribution in [0.5, 0.6) is 0 Å². The van der Waals surface area contributed by atoms with Crippen LogP contribution >= 0.6 is 7.37 Å². The van der Waals surface area contributed by atoms with Gasteiger partial charge in [0.15, 0.2) is 0 Å². The lowest BCUT2D eigenvalue weighted by Crippen LogP contribution is -2.19. The first-order valence-corrected chi connectivity index (χ1v) is 10.2. The zero-order valence-corrected chi connectivity index (χ0v) is 15.0. The SMILES string of the molecule is CCOP1(=O)c2ccccc2N(c2ccccc2)C1c1ccccc1. The summed E-state index contributed by atoms with van der Waals surface area (Å²) in [6.45, 7) is 2.31. The van der Waals surface area contributed by atoms with E-state index in [1.165, 1.54) is 0 Å². The van der Waals surface area contributed by atoms with Gasteiger partial charge >= 0.3 is 0 Å². The molecule has 0 amide bonds. The molecule has 3 aromatic rings. The lowest BCUT2D eigenvalue weighted by Gasteiger charge is -2.30. The van der Waals surface area contributed by atoms with Crippen LogP contribution in [0.1, 0.15) is 18.3 Å². The lowest BCUT2D eigenvalue weighted by molar-refractivity contribution is 0.335. The van der Waals surface area contributed by atoms with Gasteiger partial charge in [0.2, 0.25) is 0 Å². The van der Waals surface area contributed by atoms with Crippen molar-refractivity contribution >= 4 is 24.0 Å². The van der Waals surface area contributed by atoms with Crippen LogP contribution in [0.2, 0.25) is 0 Å². The summed E-state index contributed by atoms with van der Waals surface area (Å²) in [6, 6.07) is 28.0. The highest BCUT2D eigenvalue weighted by atomic mass is 31.2. The first kappa shape index (κ1) is 16.1. The number of hydrogen-bond donors (Lipinski definition) is 0. The predicted octanol–water partition coefficient (Wildman–Crippen LogP) is 5.48. The third-order valence-electron chi connectivity index (χ3n) is 4.50. The van der Waals surface area contributed by atoms with Gasteiger partial charge in [0.1, 0.15) is 5.78 Å². The summed E-state index contributed by atoms with van der Waals surface area (Å²) >= 11 is 0. The average Bonchev–Trinajstić information content (AvgIpc) is 2.93. The third kappa shape index (κ3) is 2.60. The van der Waals surface area contributed by atoms with E-state index in [9.17, 15) is 4.57 Å². The van der Waals surface area contributed by atoms with Gasteiger partial charge in [0, 0.05) is 5.69 Å². The van der Waals surface area contributed by atoms with Gasteiger partial charge in [-0.3, -0.25) is 4.57 Å². The van der Waals surface area contributed by atoms with Crippen molar-refractivity contribution in [2.75, 3.05) is 11.5 Å². The molecule has 25 heavy (non-hydrogen) atoms. The molecular formula is C21H20NO2P. The van der Waals surface area contributed by atoms with E-state index in [2.05, 4.69) is 4.90 Å². The Morgan fingerprint density at radius 3 is 2.16 bits per heavy atom. The summed E-state index contributed by atoms with van der Waals surface area (Å²) in [5, 5.41) is 0.801. The summed E-state index contributed by atoms with van der Waals surface area (Å²) in [5.41, 5.74) is 2.97. The van der Waals surface area contributed by atoms with E-state index in [4.69, 9.17) is 4.52 Å². The topological polar surface area (TPSA) is 29.5 Å². The maximum atomic E-state index is 14.1. The molecule has 2 atom stereocenters. The predicted molar refractivity (Wildman–Crippen MR) is 103 cm³/mol. The molecule has 0 aromatic heterocycles. The van der Waals surface area contributed by atoms with Gasteiger partial charge in [-0.2, -0.15) is 0 Å². The largest absolute Gasteiger partial charge is 0.324 e. The quantitative estimate of drug-likeness (QED) is 0.584. The first-order valence-electron chi connectivity index (χ1n) is 8.49. The van der Waals surface area contributed by atoms with E-state index in [-0.39, 0.29) is 5.78 Å². The molecule has 0 radical (unpaired) electrons. The van der Waals surface area contributed by atoms with Crippen molar-refractivity contribution in [1.82, 2.24) is 0 Å². The van der Waals surface area contributed by atoms with Crippen molar-refractivity contribution < 1.29 is 9.09 Å². The lowest BCUT2D eigenvalue weighted by atomic mass is 10.1. The fraction of sp³-hybridized carbons (Fsp3) is 0.143. The Hall–Kier alpha value is -2.35. The Morgan fingerprint density at radius 1 is 0.880 bits per heavy atom. The molecule has 0 spiro atoms. The molecular weight excluding hydrogens is 329 g/mol. The summed E-state index contributed by atoms with van der Waals surface area (Å²) in [5.74, 6) is -0.353. The van der Waals surface area contributed by atoms with E-state index >= 15 is 0 Å². The molecule has 1 aliphatic rings. The summed E-state index contributed by atoms with van der Waals surface area (Å²) in [4.78, 5) is 2.15. The fourth-order valence-corrected chi connectivity index (χ4v) is 6.37. The second-order valence-electron chi connectivity index (χ2n) is 5.99. The Morgan fingerprint density at radius 2 is 1.48 bits per heavy atom. The van der Waals surface area contributed by atoms with E-state index < -0.39 is 7.37 Å². The number of anilines is 2. The van der Waals surface area contributed by atoms with Crippen molar-refractivity contribution in [2.45, 2.75) is 12.7 Å². The van der Waals surface area contributed by atoms with Crippen LogP contribution < -0.4 is 10.2 Å². The summed E-state index contributed by atoms with van der Waals surface area (Å²) < 4.78 is 20.0. The molecule has 2 unspecified atom stereocenters. The smallest absolute Gasteiger partial charge is 0.260 e. The monoisotopic (exact) mass is 349 g/mol. The highest BCUT2D eigenvalue weighted by molar-refractivity contribution is 7.68. The van der Waals surface area contributed by atoms with Crippen molar-refractivity contribution in [3.63, 3.8) is 0 Å². The van der Waals surface area contributed by atoms with Gasteiger partial charge in [0.05, 0.1) is 17.6 Å². The minimum absolute atomic E-state index is 0.353. The molecule has 0 aliphatic carbocycles. The van der Waals surface area contributed by atoms with E-state index in [0.29, 0.717) is 6.61 Å². The van der Waals surface area contributed by atoms with Crippen LogP contribution in [0.15, 0.2) is 84.9 Å². The number of benzene rings is 3. The van der Waals surface area contributed by atoms with Gasteiger partial charge in [0.25, 0.3) is 7.37 Å². The molecule has 0 bridgehead atoms. The first-order chi connectivity index (χ1) is 12.3. The van der Waals surface area contributed by atoms with E-state index in [1.807, 2.05) is 91.9 Å². The molecule has 126 valence electrons. The molecule has 3 aromatic carbocycles. The average molecular weight is 349 g/mol. The molecule has 4 rings (SSSR count). The van der Waals surface area contributed by atoms with Crippen LogP contribution in [0.25, 0.3) is 0 Å². The van der Waals surface area contributed by atoms with Gasteiger partial charge in [-0.25, -0.2) is 0 Å². The van der Waals surface area contributed by atoms with Crippen molar-refractivity contribution in [1.29, 1.82) is 0 Å². The van der Waals surface area contributed by atoms with Crippen molar-refractivity contribution in [2.24, 2.45) is 0 Å². The van der Waals surface area contributed by atoms with Crippen LogP contribution in [-0.4, -0.2) is 6.61 Å². The summed E-state index contributed by atoms with van der Waals surface area (Å²) in [7, 11) is -3.09. The fourth-order valence-electron chi connectivity index (χ4n) is 3.52. The minimum Gasteiger partial charge on any atom is -0.324 e. The van der Waals surface area contributed by atoms with Crippen LogP contribution in [0.3, 0.4) is 0 Å². The van der Waals surface area contributed by atoms with E-state index in [1.54, 1.807) is 0 Å². The molecule has 0 N–H and O–H groups in total. The number of rotatable bonds is 4. The van der Waals surface area contributed by atoms with Gasteiger partial charge in [-0.15, -0.1) is 0 Å². The molecule has 1 aliphatic heterocycles. The maximum absolute atomic E-state index is 14.1. The van der Waals surface area contributed by atoms with Crippen LogP contribution in [-0.2, 0) is 9.09 Å². The Labute approximate surface area is 148 Å². The Kier molecular flexibility index (Phi) is 4.20. The number of nitrogens with zero attached hydrogens (tertiary/aromatic N) is 1. The number of fused-ring (bicyclic) bond motifs is 1. The number of para-hydroxylation sites is 2.